The number of hydrogen-bond acceptors (Lipinski definition) is 4. The van der Waals surface area contributed by atoms with Crippen molar-refractivity contribution >= 4 is 23.9 Å². The maximum atomic E-state index is 13.0. The van der Waals surface area contributed by atoms with Gasteiger partial charge >= 0.3 is 0 Å². The lowest BCUT2D eigenvalue weighted by molar-refractivity contribution is -0.149. The summed E-state index contributed by atoms with van der Waals surface area (Å²) < 4.78 is 11.5. The average Bonchev–Trinajstić information content (AvgIpc) is 3.01. The molecule has 2 atom stereocenters. The van der Waals surface area contributed by atoms with Crippen LogP contribution in [0, 0.1) is 0 Å². The number of benzene rings is 1. The molecule has 0 radical (unpaired) electrons. The van der Waals surface area contributed by atoms with Crippen LogP contribution in [0.5, 0.6) is 5.75 Å². The van der Waals surface area contributed by atoms with E-state index in [0.29, 0.717) is 11.5 Å². The first-order valence-corrected chi connectivity index (χ1v) is 8.53. The van der Waals surface area contributed by atoms with Crippen molar-refractivity contribution in [2.45, 2.75) is 6.10 Å². The summed E-state index contributed by atoms with van der Waals surface area (Å²) in [6.07, 6.45) is 4.98. The van der Waals surface area contributed by atoms with E-state index in [1.807, 2.05) is 54.6 Å². The second-order valence-electron chi connectivity index (χ2n) is 5.22. The molecule has 0 saturated heterocycles. The number of nitrogens with zero attached hydrogens (tertiary/aromatic N) is 1. The normalized spacial score (nSPS) is 20.7. The largest absolute Gasteiger partial charge is 0.626 e. The summed E-state index contributed by atoms with van der Waals surface area (Å²) in [4.78, 5) is 17.4. The summed E-state index contributed by atoms with van der Waals surface area (Å²) in [7, 11) is -0.0969. The van der Waals surface area contributed by atoms with Gasteiger partial charge in [0.05, 0.1) is 20.5 Å². The Kier molecular flexibility index (Phi) is 3.49. The molecule has 0 N–H and O–H groups in total. The molecule has 0 amide bonds. The number of aromatic nitrogens is 1. The number of ether oxygens (including phenoxy) is 2. The third kappa shape index (κ3) is 2.27. The van der Waals surface area contributed by atoms with Crippen molar-refractivity contribution in [3.05, 3.63) is 72.3 Å². The zero-order valence-corrected chi connectivity index (χ0v) is 13.4. The van der Waals surface area contributed by atoms with Crippen molar-refractivity contribution < 1.29 is 14.4 Å². The highest BCUT2D eigenvalue weighted by Crippen LogP contribution is 2.42. The molecule has 1 aliphatic heterocycles. The Balaban J connectivity index is 1.87. The highest BCUT2D eigenvalue weighted by atomic mass is 31.1. The van der Waals surface area contributed by atoms with Gasteiger partial charge in [0.25, 0.3) is 0 Å². The van der Waals surface area contributed by atoms with Gasteiger partial charge in [-0.25, -0.2) is 0 Å². The van der Waals surface area contributed by atoms with Gasteiger partial charge in [0.2, 0.25) is 0 Å². The molecule has 2 aromatic rings. The number of allylic oxidation sites excluding steroid dienone is 1. The first kappa shape index (κ1) is 14.2. The molecule has 2 unspecified atom stereocenters. The lowest BCUT2D eigenvalue weighted by Gasteiger charge is -2.18. The summed E-state index contributed by atoms with van der Waals surface area (Å²) >= 11 is 0. The molecule has 4 rings (SSSR count). The van der Waals surface area contributed by atoms with Crippen LogP contribution in [0.1, 0.15) is 5.69 Å². The van der Waals surface area contributed by atoms with Crippen LogP contribution in [-0.4, -0.2) is 23.5 Å². The molecule has 0 spiro atoms. The van der Waals surface area contributed by atoms with Crippen LogP contribution in [0.4, 0.5) is 0 Å². The van der Waals surface area contributed by atoms with Gasteiger partial charge in [0.15, 0.2) is 11.4 Å². The minimum atomic E-state index is -1.71. The molecule has 0 bridgehead atoms. The standard InChI is InChI=1S/C18H14NO3P/c1-21-13-9-10-15(23(20)12-6-3-2-4-7-12)18-16(13)17-14(22-18)8-5-11-19-17/h2-11,18H,1H3. The predicted molar refractivity (Wildman–Crippen MR) is 89.7 cm³/mol. The van der Waals surface area contributed by atoms with Gasteiger partial charge in [-0.15, -0.1) is 0 Å². The van der Waals surface area contributed by atoms with E-state index in [2.05, 4.69) is 4.98 Å². The Morgan fingerprint density at radius 1 is 1.13 bits per heavy atom. The summed E-state index contributed by atoms with van der Waals surface area (Å²) in [5, 5.41) is 1.52. The number of fused-ring (bicyclic) bond motifs is 3. The molecule has 4 nitrogen and oxygen atoms in total. The third-order valence-corrected chi connectivity index (χ3v) is 5.54. The summed E-state index contributed by atoms with van der Waals surface area (Å²) in [6.45, 7) is 0. The van der Waals surface area contributed by atoms with Gasteiger partial charge in [0, 0.05) is 6.20 Å². The van der Waals surface area contributed by atoms with E-state index in [4.69, 9.17) is 9.47 Å². The van der Waals surface area contributed by atoms with Crippen LogP contribution in [0.25, 0.3) is 5.57 Å². The van der Waals surface area contributed by atoms with Crippen molar-refractivity contribution in [1.82, 2.24) is 4.98 Å². The maximum absolute atomic E-state index is 13.0. The minimum absolute atomic E-state index is 0.413. The molecule has 0 fully saturated rings. The van der Waals surface area contributed by atoms with Crippen molar-refractivity contribution in [2.75, 3.05) is 7.11 Å². The molecule has 23 heavy (non-hydrogen) atoms. The van der Waals surface area contributed by atoms with Crippen LogP contribution >= 0.6 is 7.77 Å². The van der Waals surface area contributed by atoms with E-state index < -0.39 is 13.9 Å². The van der Waals surface area contributed by atoms with Gasteiger partial charge < -0.3 is 14.4 Å². The molecular weight excluding hydrogens is 309 g/mol. The lowest BCUT2D eigenvalue weighted by atomic mass is 9.98. The van der Waals surface area contributed by atoms with Crippen molar-refractivity contribution in [1.29, 1.82) is 0 Å². The van der Waals surface area contributed by atoms with E-state index >= 15 is 0 Å². The smallest absolute Gasteiger partial charge is 0.193 e. The second kappa shape index (κ2) is 5.65. The number of rotatable bonds is 2. The molecule has 1 aromatic heterocycles. The predicted octanol–water partition coefficient (Wildman–Crippen LogP) is 2.02. The topological polar surface area (TPSA) is 54.4 Å². The Labute approximate surface area is 135 Å². The fourth-order valence-corrected chi connectivity index (χ4v) is 4.20. The van der Waals surface area contributed by atoms with Crippen LogP contribution < -0.4 is 14.9 Å². The quantitative estimate of drug-likeness (QED) is 0.794. The van der Waals surface area contributed by atoms with Gasteiger partial charge in [-0.05, 0) is 36.4 Å². The fourth-order valence-electron chi connectivity index (χ4n) is 2.86. The fraction of sp³-hybridized carbons (Fsp3) is 0.111. The molecule has 1 aromatic carbocycles. The van der Waals surface area contributed by atoms with E-state index in [1.54, 1.807) is 13.3 Å². The van der Waals surface area contributed by atoms with Crippen LogP contribution in [-0.2, 0) is 4.74 Å². The van der Waals surface area contributed by atoms with Gasteiger partial charge in [-0.3, -0.25) is 4.98 Å². The first-order valence-electron chi connectivity index (χ1n) is 7.27. The monoisotopic (exact) mass is 323 g/mol. The number of pyridine rings is 1. The second-order valence-corrected chi connectivity index (χ2v) is 6.84. The minimum Gasteiger partial charge on any atom is -0.626 e. The number of hydrogen-bond donors (Lipinski definition) is 0. The van der Waals surface area contributed by atoms with Crippen LogP contribution in [0.3, 0.4) is 0 Å². The molecule has 1 aliphatic carbocycles. The van der Waals surface area contributed by atoms with Gasteiger partial charge in [0.1, 0.15) is 22.5 Å². The molecular formula is C18H14NO3P. The van der Waals surface area contributed by atoms with Gasteiger partial charge in [-0.2, -0.15) is 0 Å². The summed E-state index contributed by atoms with van der Waals surface area (Å²) in [5.41, 5.74) is 1.60. The number of methoxy groups -OCH3 is 1. The zero-order valence-electron chi connectivity index (χ0n) is 12.5. The molecule has 0 saturated carbocycles. The summed E-state index contributed by atoms with van der Waals surface area (Å²) in [6, 6.07) is 13.1. The van der Waals surface area contributed by atoms with Crippen LogP contribution in [0.2, 0.25) is 0 Å². The zero-order chi connectivity index (χ0) is 15.8. The Hall–Kier alpha value is -2.42. The van der Waals surface area contributed by atoms with E-state index in [0.717, 1.165) is 21.9 Å². The molecule has 2 heterocycles. The Morgan fingerprint density at radius 3 is 2.74 bits per heavy atom. The highest BCUT2D eigenvalue weighted by Gasteiger charge is 2.40. The first-order chi connectivity index (χ1) is 11.3. The van der Waals surface area contributed by atoms with Crippen LogP contribution in [0.15, 0.2) is 66.6 Å². The van der Waals surface area contributed by atoms with E-state index in [9.17, 15) is 4.89 Å². The van der Waals surface area contributed by atoms with Crippen molar-refractivity contribution in [3.63, 3.8) is 0 Å². The van der Waals surface area contributed by atoms with Crippen molar-refractivity contribution in [3.8, 4) is 5.75 Å². The van der Waals surface area contributed by atoms with Gasteiger partial charge in [-0.1, -0.05) is 18.2 Å². The van der Waals surface area contributed by atoms with Crippen molar-refractivity contribution in [2.24, 2.45) is 0 Å². The SMILES string of the molecule is COC1=C2c3ncccc3OC2C(=[P+]([O-])c2ccccc2)C=C1. The third-order valence-electron chi connectivity index (χ3n) is 3.92. The summed E-state index contributed by atoms with van der Waals surface area (Å²) in [5.74, 6) is 1.40. The molecule has 2 aliphatic rings. The molecule has 114 valence electrons. The highest BCUT2D eigenvalue weighted by molar-refractivity contribution is 7.60. The molecule has 5 heteroatoms. The van der Waals surface area contributed by atoms with E-state index in [-0.39, 0.29) is 0 Å². The Morgan fingerprint density at radius 2 is 1.96 bits per heavy atom. The average molecular weight is 323 g/mol. The lowest BCUT2D eigenvalue weighted by Crippen LogP contribution is -2.29. The van der Waals surface area contributed by atoms with E-state index in [1.165, 1.54) is 0 Å². The maximum Gasteiger partial charge on any atom is 0.193 e. The Bertz CT molecular complexity index is 856.